The van der Waals surface area contributed by atoms with Crippen molar-refractivity contribution in [3.05, 3.63) is 24.3 Å². The molecular formula is C13H19BO3. The second-order valence-corrected chi connectivity index (χ2v) is 5.25. The van der Waals surface area contributed by atoms with Gasteiger partial charge in [0.15, 0.2) is 0 Å². The summed E-state index contributed by atoms with van der Waals surface area (Å²) in [5, 5.41) is 9.27. The molecule has 17 heavy (non-hydrogen) atoms. The molecule has 3 nitrogen and oxygen atoms in total. The first-order valence-corrected chi connectivity index (χ1v) is 6.02. The van der Waals surface area contributed by atoms with Crippen molar-refractivity contribution >= 4 is 12.6 Å². The van der Waals surface area contributed by atoms with Crippen LogP contribution in [-0.4, -0.2) is 23.4 Å². The molecule has 1 aromatic carbocycles. The molecular weight excluding hydrogens is 215 g/mol. The normalized spacial score (nSPS) is 27.4. The van der Waals surface area contributed by atoms with Crippen molar-refractivity contribution in [3.8, 4) is 5.75 Å². The molecule has 0 saturated carbocycles. The summed E-state index contributed by atoms with van der Waals surface area (Å²) in [7, 11) is -0.351. The monoisotopic (exact) mass is 234 g/mol. The Kier molecular flexibility index (Phi) is 2.96. The Hall–Kier alpha value is -0.995. The van der Waals surface area contributed by atoms with Gasteiger partial charge in [-0.1, -0.05) is 19.1 Å². The lowest BCUT2D eigenvalue weighted by Gasteiger charge is -2.35. The Morgan fingerprint density at radius 1 is 1.12 bits per heavy atom. The second kappa shape index (κ2) is 4.04. The maximum absolute atomic E-state index is 9.27. The Morgan fingerprint density at radius 2 is 1.71 bits per heavy atom. The van der Waals surface area contributed by atoms with E-state index in [4.69, 9.17) is 9.31 Å². The molecule has 1 unspecified atom stereocenters. The van der Waals surface area contributed by atoms with E-state index in [1.54, 1.807) is 12.1 Å². The molecule has 1 atom stereocenters. The van der Waals surface area contributed by atoms with Gasteiger partial charge in [-0.3, -0.25) is 0 Å². The van der Waals surface area contributed by atoms with Crippen LogP contribution >= 0.6 is 0 Å². The fourth-order valence-electron chi connectivity index (χ4n) is 2.07. The molecule has 0 aliphatic carbocycles. The van der Waals surface area contributed by atoms with Gasteiger partial charge < -0.3 is 14.4 Å². The summed E-state index contributed by atoms with van der Waals surface area (Å²) in [6.07, 6.45) is 0.897. The van der Waals surface area contributed by atoms with Crippen molar-refractivity contribution in [2.24, 2.45) is 0 Å². The van der Waals surface area contributed by atoms with Crippen LogP contribution in [0.25, 0.3) is 0 Å². The van der Waals surface area contributed by atoms with Gasteiger partial charge in [0.05, 0.1) is 11.2 Å². The van der Waals surface area contributed by atoms with Crippen LogP contribution in [0.3, 0.4) is 0 Å². The number of benzene rings is 1. The number of rotatable bonds is 2. The van der Waals surface area contributed by atoms with E-state index in [1.807, 2.05) is 12.1 Å². The lowest BCUT2D eigenvalue weighted by atomic mass is 9.79. The molecule has 0 aromatic heterocycles. The van der Waals surface area contributed by atoms with Crippen molar-refractivity contribution in [3.63, 3.8) is 0 Å². The highest BCUT2D eigenvalue weighted by Gasteiger charge is 2.53. The first-order valence-electron chi connectivity index (χ1n) is 6.02. The Bertz CT molecular complexity index is 402. The van der Waals surface area contributed by atoms with Gasteiger partial charge in [0.2, 0.25) is 0 Å². The summed E-state index contributed by atoms with van der Waals surface area (Å²) in [5.74, 6) is 0.254. The third kappa shape index (κ3) is 2.07. The minimum Gasteiger partial charge on any atom is -0.508 e. The molecule has 1 fully saturated rings. The summed E-state index contributed by atoms with van der Waals surface area (Å²) in [4.78, 5) is 0. The van der Waals surface area contributed by atoms with E-state index in [9.17, 15) is 5.11 Å². The van der Waals surface area contributed by atoms with Gasteiger partial charge in [0, 0.05) is 0 Å². The van der Waals surface area contributed by atoms with Gasteiger partial charge in [-0.05, 0) is 44.8 Å². The SMILES string of the molecule is CCC1(C)OB(c2ccc(O)cc2)OC1(C)C. The van der Waals surface area contributed by atoms with Gasteiger partial charge >= 0.3 is 7.12 Å². The second-order valence-electron chi connectivity index (χ2n) is 5.25. The van der Waals surface area contributed by atoms with Crippen molar-refractivity contribution in [2.75, 3.05) is 0 Å². The van der Waals surface area contributed by atoms with Gasteiger partial charge in [-0.25, -0.2) is 0 Å². The Balaban J connectivity index is 2.24. The maximum atomic E-state index is 9.27. The van der Waals surface area contributed by atoms with Crippen molar-refractivity contribution in [2.45, 2.75) is 45.3 Å². The lowest BCUT2D eigenvalue weighted by Crippen LogP contribution is -2.44. The van der Waals surface area contributed by atoms with Crippen LogP contribution < -0.4 is 5.46 Å². The van der Waals surface area contributed by atoms with E-state index >= 15 is 0 Å². The number of phenolic OH excluding ortho intramolecular Hbond substituents is 1. The lowest BCUT2D eigenvalue weighted by molar-refractivity contribution is -0.0118. The maximum Gasteiger partial charge on any atom is 0.494 e. The average molecular weight is 234 g/mol. The molecule has 0 radical (unpaired) electrons. The highest BCUT2D eigenvalue weighted by Crippen LogP contribution is 2.39. The minimum absolute atomic E-state index is 0.254. The smallest absolute Gasteiger partial charge is 0.494 e. The highest BCUT2D eigenvalue weighted by atomic mass is 16.7. The minimum atomic E-state index is -0.351. The van der Waals surface area contributed by atoms with Crippen LogP contribution in [-0.2, 0) is 9.31 Å². The van der Waals surface area contributed by atoms with Gasteiger partial charge in [0.25, 0.3) is 0 Å². The largest absolute Gasteiger partial charge is 0.508 e. The van der Waals surface area contributed by atoms with Gasteiger partial charge in [-0.15, -0.1) is 0 Å². The predicted molar refractivity (Wildman–Crippen MR) is 68.4 cm³/mol. The van der Waals surface area contributed by atoms with Crippen LogP contribution in [0.5, 0.6) is 5.75 Å². The highest BCUT2D eigenvalue weighted by molar-refractivity contribution is 6.62. The molecule has 0 spiro atoms. The summed E-state index contributed by atoms with van der Waals surface area (Å²) in [5.41, 5.74) is 0.341. The van der Waals surface area contributed by atoms with Crippen LogP contribution in [0.4, 0.5) is 0 Å². The summed E-state index contributed by atoms with van der Waals surface area (Å²) < 4.78 is 12.0. The first-order chi connectivity index (χ1) is 7.88. The number of phenols is 1. The van der Waals surface area contributed by atoms with Crippen LogP contribution in [0.1, 0.15) is 34.1 Å². The number of hydrogen-bond acceptors (Lipinski definition) is 3. The topological polar surface area (TPSA) is 38.7 Å². The van der Waals surface area contributed by atoms with Crippen molar-refractivity contribution < 1.29 is 14.4 Å². The number of hydrogen-bond donors (Lipinski definition) is 1. The molecule has 1 N–H and O–H groups in total. The van der Waals surface area contributed by atoms with Gasteiger partial charge in [0.1, 0.15) is 5.75 Å². The zero-order chi connectivity index (χ0) is 12.7. The quantitative estimate of drug-likeness (QED) is 0.796. The zero-order valence-electron chi connectivity index (χ0n) is 10.9. The molecule has 92 valence electrons. The molecule has 0 bridgehead atoms. The Morgan fingerprint density at radius 3 is 2.18 bits per heavy atom. The summed E-state index contributed by atoms with van der Waals surface area (Å²) in [6.45, 7) is 8.28. The standard InChI is InChI=1S/C13H19BO3/c1-5-13(4)12(2,3)16-14(17-13)10-6-8-11(15)9-7-10/h6-9,15H,5H2,1-4H3. The summed E-state index contributed by atoms with van der Waals surface area (Å²) in [6, 6.07) is 6.96. The van der Waals surface area contributed by atoms with Crippen molar-refractivity contribution in [1.29, 1.82) is 0 Å². The Labute approximate surface area is 103 Å². The molecule has 2 rings (SSSR count). The van der Waals surface area contributed by atoms with E-state index in [-0.39, 0.29) is 24.1 Å². The molecule has 1 saturated heterocycles. The third-order valence-electron chi connectivity index (χ3n) is 3.88. The van der Waals surface area contributed by atoms with Gasteiger partial charge in [-0.2, -0.15) is 0 Å². The average Bonchev–Trinajstić information content (AvgIpc) is 2.52. The first kappa shape index (κ1) is 12.5. The van der Waals surface area contributed by atoms with Crippen LogP contribution in [0, 0.1) is 0 Å². The summed E-state index contributed by atoms with van der Waals surface area (Å²) >= 11 is 0. The molecule has 1 aliphatic rings. The van der Waals surface area contributed by atoms with Crippen LogP contribution in [0.2, 0.25) is 0 Å². The molecule has 1 aliphatic heterocycles. The predicted octanol–water partition coefficient (Wildman–Crippen LogP) is 2.08. The fourth-order valence-corrected chi connectivity index (χ4v) is 2.07. The van der Waals surface area contributed by atoms with E-state index in [1.165, 1.54) is 0 Å². The zero-order valence-corrected chi connectivity index (χ0v) is 10.9. The molecule has 4 heteroatoms. The van der Waals surface area contributed by atoms with E-state index in [0.717, 1.165) is 11.9 Å². The third-order valence-corrected chi connectivity index (χ3v) is 3.88. The molecule has 1 heterocycles. The van der Waals surface area contributed by atoms with E-state index in [0.29, 0.717) is 0 Å². The number of aromatic hydroxyl groups is 1. The van der Waals surface area contributed by atoms with Crippen molar-refractivity contribution in [1.82, 2.24) is 0 Å². The molecule has 0 amide bonds. The van der Waals surface area contributed by atoms with E-state index < -0.39 is 0 Å². The van der Waals surface area contributed by atoms with Crippen LogP contribution in [0.15, 0.2) is 24.3 Å². The molecule has 1 aromatic rings. The fraction of sp³-hybridized carbons (Fsp3) is 0.538. The van der Waals surface area contributed by atoms with E-state index in [2.05, 4.69) is 27.7 Å².